The van der Waals surface area contributed by atoms with Crippen LogP contribution in [0.1, 0.15) is 35.2 Å². The lowest BCUT2D eigenvalue weighted by molar-refractivity contribution is -0.0431. The number of thioether (sulfide) groups is 1. The van der Waals surface area contributed by atoms with E-state index in [0.29, 0.717) is 43.5 Å². The second-order valence-corrected chi connectivity index (χ2v) is 9.86. The summed E-state index contributed by atoms with van der Waals surface area (Å²) in [6.07, 6.45) is 2.08. The fourth-order valence-electron chi connectivity index (χ4n) is 4.62. The lowest BCUT2D eigenvalue weighted by Crippen LogP contribution is -2.47. The Morgan fingerprint density at radius 3 is 2.39 bits per heavy atom. The number of aliphatic hydroxyl groups is 1. The van der Waals surface area contributed by atoms with Gasteiger partial charge in [0.1, 0.15) is 23.3 Å². The Morgan fingerprint density at radius 1 is 1.10 bits per heavy atom. The molecule has 3 saturated heterocycles. The van der Waals surface area contributed by atoms with E-state index in [4.69, 9.17) is 9.47 Å². The lowest BCUT2D eigenvalue weighted by Gasteiger charge is -2.39. The van der Waals surface area contributed by atoms with Crippen LogP contribution in [0.5, 0.6) is 5.75 Å². The Kier molecular flexibility index (Phi) is 5.44. The summed E-state index contributed by atoms with van der Waals surface area (Å²) in [5.74, 6) is 2.53. The molecule has 3 heterocycles. The number of amides is 1. The smallest absolute Gasteiger partial charge is 0.253 e. The topological polar surface area (TPSA) is 59.0 Å². The second-order valence-electron chi connectivity index (χ2n) is 8.78. The predicted octanol–water partition coefficient (Wildman–Crippen LogP) is 3.60. The predicted molar refractivity (Wildman–Crippen MR) is 117 cm³/mol. The molecule has 5 rings (SSSR count). The summed E-state index contributed by atoms with van der Waals surface area (Å²) in [6.45, 7) is 1.35. The van der Waals surface area contributed by atoms with Gasteiger partial charge in [0, 0.05) is 36.6 Å². The number of halogens is 1. The molecule has 31 heavy (non-hydrogen) atoms. The summed E-state index contributed by atoms with van der Waals surface area (Å²) in [6, 6.07) is 13.3. The molecule has 5 nitrogen and oxygen atoms in total. The number of nitrogens with zero attached hydrogens (tertiary/aromatic N) is 1. The first-order valence-electron chi connectivity index (χ1n) is 10.7. The van der Waals surface area contributed by atoms with Crippen LogP contribution in [0.3, 0.4) is 0 Å². The van der Waals surface area contributed by atoms with E-state index in [-0.39, 0.29) is 24.4 Å². The molecule has 2 aromatic rings. The molecule has 7 heteroatoms. The Morgan fingerprint density at radius 2 is 1.77 bits per heavy atom. The van der Waals surface area contributed by atoms with Gasteiger partial charge < -0.3 is 19.5 Å². The van der Waals surface area contributed by atoms with Crippen molar-refractivity contribution in [1.29, 1.82) is 0 Å². The molecule has 0 aromatic heterocycles. The average molecular weight is 444 g/mol. The van der Waals surface area contributed by atoms with Gasteiger partial charge >= 0.3 is 0 Å². The van der Waals surface area contributed by atoms with Crippen LogP contribution in [-0.2, 0) is 10.3 Å². The Bertz CT molecular complexity index is 939. The molecular formula is C24H26FNO4S. The fraction of sp³-hybridized carbons (Fsp3) is 0.458. The molecule has 1 spiro atoms. The van der Waals surface area contributed by atoms with E-state index in [1.807, 2.05) is 40.9 Å². The van der Waals surface area contributed by atoms with E-state index in [1.165, 1.54) is 12.1 Å². The molecule has 1 amide bonds. The third-order valence-electron chi connectivity index (χ3n) is 6.59. The molecule has 0 bridgehead atoms. The van der Waals surface area contributed by atoms with E-state index in [9.17, 15) is 14.3 Å². The van der Waals surface area contributed by atoms with Gasteiger partial charge in [-0.15, -0.1) is 0 Å². The summed E-state index contributed by atoms with van der Waals surface area (Å²) < 4.78 is 25.2. The lowest BCUT2D eigenvalue weighted by atomic mass is 9.80. The maximum absolute atomic E-state index is 13.2. The monoisotopic (exact) mass is 443 g/mol. The third-order valence-corrected chi connectivity index (χ3v) is 7.80. The van der Waals surface area contributed by atoms with Crippen molar-refractivity contribution >= 4 is 17.7 Å². The quantitative estimate of drug-likeness (QED) is 0.783. The number of rotatable bonds is 4. The van der Waals surface area contributed by atoms with E-state index >= 15 is 0 Å². The zero-order valence-electron chi connectivity index (χ0n) is 17.3. The Labute approximate surface area is 185 Å². The minimum atomic E-state index is -1.12. The SMILES string of the molecule is O=C(c1ccc(OC2CSC2)cc1)N1CCC2(CC1)C[C@](O)(c1ccc(F)cc1)CO2. The van der Waals surface area contributed by atoms with Crippen molar-refractivity contribution in [1.82, 2.24) is 4.90 Å². The van der Waals surface area contributed by atoms with Crippen LogP contribution in [0.4, 0.5) is 4.39 Å². The van der Waals surface area contributed by atoms with Gasteiger partial charge in [-0.05, 0) is 54.8 Å². The summed E-state index contributed by atoms with van der Waals surface area (Å²) in [5.41, 5.74) is -0.235. The molecular weight excluding hydrogens is 417 g/mol. The molecule has 0 saturated carbocycles. The van der Waals surface area contributed by atoms with Crippen LogP contribution in [0.25, 0.3) is 0 Å². The highest BCUT2D eigenvalue weighted by atomic mass is 32.2. The second kappa shape index (κ2) is 8.11. The number of benzene rings is 2. The van der Waals surface area contributed by atoms with Gasteiger partial charge in [-0.25, -0.2) is 4.39 Å². The van der Waals surface area contributed by atoms with Gasteiger partial charge in [-0.2, -0.15) is 11.8 Å². The van der Waals surface area contributed by atoms with Gasteiger partial charge in [-0.3, -0.25) is 4.79 Å². The Hall–Kier alpha value is -2.09. The van der Waals surface area contributed by atoms with Crippen molar-refractivity contribution in [3.8, 4) is 5.75 Å². The summed E-state index contributed by atoms with van der Waals surface area (Å²) in [4.78, 5) is 14.8. The standard InChI is InChI=1S/C24H26FNO4S/c25-19-5-3-18(4-6-19)24(28)15-23(29-16-24)9-11-26(12-10-23)22(27)17-1-7-20(8-2-17)30-21-13-31-14-21/h1-8,21,28H,9-16H2/t24-/m1/s1. The van der Waals surface area contributed by atoms with E-state index in [0.717, 1.165) is 17.3 Å². The van der Waals surface area contributed by atoms with Crippen LogP contribution in [0.2, 0.25) is 0 Å². The summed E-state index contributed by atoms with van der Waals surface area (Å²) in [7, 11) is 0. The van der Waals surface area contributed by atoms with E-state index in [1.54, 1.807) is 12.1 Å². The van der Waals surface area contributed by atoms with Crippen molar-refractivity contribution in [3.63, 3.8) is 0 Å². The minimum Gasteiger partial charge on any atom is -0.489 e. The molecule has 1 N–H and O–H groups in total. The van der Waals surface area contributed by atoms with Crippen LogP contribution in [0.15, 0.2) is 48.5 Å². The molecule has 3 aliphatic rings. The van der Waals surface area contributed by atoms with Crippen LogP contribution in [0, 0.1) is 5.82 Å². The first kappa shape index (κ1) is 20.8. The van der Waals surface area contributed by atoms with Crippen LogP contribution >= 0.6 is 11.8 Å². The highest BCUT2D eigenvalue weighted by molar-refractivity contribution is 8.00. The molecule has 3 aliphatic heterocycles. The normalized spacial score (nSPS) is 25.4. The van der Waals surface area contributed by atoms with Crippen molar-refractivity contribution in [2.24, 2.45) is 0 Å². The molecule has 0 aliphatic carbocycles. The fourth-order valence-corrected chi connectivity index (χ4v) is 5.19. The average Bonchev–Trinajstić information content (AvgIpc) is 3.09. The highest BCUT2D eigenvalue weighted by Crippen LogP contribution is 2.45. The van der Waals surface area contributed by atoms with Gasteiger partial charge in [0.25, 0.3) is 5.91 Å². The number of carbonyl (C=O) groups is 1. The van der Waals surface area contributed by atoms with E-state index in [2.05, 4.69) is 0 Å². The maximum atomic E-state index is 13.2. The van der Waals surface area contributed by atoms with Crippen molar-refractivity contribution in [2.75, 3.05) is 31.2 Å². The summed E-state index contributed by atoms with van der Waals surface area (Å²) in [5, 5.41) is 11.1. The first-order chi connectivity index (χ1) is 14.9. The molecule has 1 atom stereocenters. The van der Waals surface area contributed by atoms with Crippen molar-refractivity contribution in [3.05, 3.63) is 65.5 Å². The van der Waals surface area contributed by atoms with E-state index < -0.39 is 11.2 Å². The van der Waals surface area contributed by atoms with Gasteiger partial charge in [0.2, 0.25) is 0 Å². The largest absolute Gasteiger partial charge is 0.489 e. The molecule has 0 unspecified atom stereocenters. The van der Waals surface area contributed by atoms with Crippen molar-refractivity contribution in [2.45, 2.75) is 36.6 Å². The number of hydrogen-bond donors (Lipinski definition) is 1. The third kappa shape index (κ3) is 4.19. The number of hydrogen-bond acceptors (Lipinski definition) is 5. The number of likely N-dealkylation sites (tertiary alicyclic amines) is 1. The van der Waals surface area contributed by atoms with Crippen LogP contribution < -0.4 is 4.74 Å². The van der Waals surface area contributed by atoms with Gasteiger partial charge in [0.15, 0.2) is 0 Å². The molecule has 164 valence electrons. The molecule has 2 aromatic carbocycles. The zero-order valence-corrected chi connectivity index (χ0v) is 18.1. The van der Waals surface area contributed by atoms with Crippen molar-refractivity contribution < 1.29 is 23.8 Å². The minimum absolute atomic E-state index is 0.00685. The van der Waals surface area contributed by atoms with Gasteiger partial charge in [0.05, 0.1) is 12.2 Å². The zero-order chi connectivity index (χ0) is 21.5. The van der Waals surface area contributed by atoms with Gasteiger partial charge in [-0.1, -0.05) is 12.1 Å². The van der Waals surface area contributed by atoms with Crippen LogP contribution in [-0.4, -0.2) is 58.8 Å². The maximum Gasteiger partial charge on any atom is 0.253 e. The molecule has 0 radical (unpaired) electrons. The number of carbonyl (C=O) groups excluding carboxylic acids is 1. The highest BCUT2D eigenvalue weighted by Gasteiger charge is 2.50. The first-order valence-corrected chi connectivity index (χ1v) is 11.9. The number of piperidine rings is 1. The Balaban J connectivity index is 1.19. The summed E-state index contributed by atoms with van der Waals surface area (Å²) >= 11 is 1.87. The number of ether oxygens (including phenoxy) is 2. The molecule has 3 fully saturated rings.